The van der Waals surface area contributed by atoms with Crippen LogP contribution < -0.4 is 10.6 Å². The first kappa shape index (κ1) is 15.5. The van der Waals surface area contributed by atoms with Crippen molar-refractivity contribution in [3.8, 4) is 0 Å². The summed E-state index contributed by atoms with van der Waals surface area (Å²) in [5.41, 5.74) is 5.17. The van der Waals surface area contributed by atoms with E-state index in [0.29, 0.717) is 0 Å². The van der Waals surface area contributed by atoms with Crippen LogP contribution in [0, 0.1) is 0 Å². The van der Waals surface area contributed by atoms with E-state index in [1.54, 1.807) is 12.4 Å². The Kier molecular flexibility index (Phi) is 3.57. The molecule has 1 aliphatic heterocycles. The number of aromatic nitrogens is 2. The molecule has 5 nitrogen and oxygen atoms in total. The quantitative estimate of drug-likeness (QED) is 0.571. The maximum absolute atomic E-state index is 12.7. The molecule has 1 aliphatic rings. The summed E-state index contributed by atoms with van der Waals surface area (Å²) in [5, 5.41) is 7.37. The number of anilines is 3. The molecule has 2 N–H and O–H groups in total. The fourth-order valence-corrected chi connectivity index (χ4v) is 3.54. The molecule has 4 aromatic rings. The van der Waals surface area contributed by atoms with E-state index < -0.39 is 5.92 Å². The lowest BCUT2D eigenvalue weighted by molar-refractivity contribution is -0.116. The number of fused-ring (bicyclic) bond motifs is 2. The highest BCUT2D eigenvalue weighted by Gasteiger charge is 2.33. The minimum atomic E-state index is -0.416. The van der Waals surface area contributed by atoms with Crippen molar-refractivity contribution in [1.82, 2.24) is 9.97 Å². The van der Waals surface area contributed by atoms with Gasteiger partial charge in [0, 0.05) is 23.0 Å². The number of amides is 1. The number of nitrogens with one attached hydrogen (secondary N) is 2. The Balaban J connectivity index is 1.67. The molecule has 0 bridgehead atoms. The Morgan fingerprint density at radius 1 is 0.963 bits per heavy atom. The van der Waals surface area contributed by atoms with Crippen LogP contribution >= 0.6 is 0 Å². The van der Waals surface area contributed by atoms with Crippen LogP contribution in [0.3, 0.4) is 0 Å². The van der Waals surface area contributed by atoms with E-state index in [0.717, 1.165) is 39.2 Å². The highest BCUT2D eigenvalue weighted by Crippen LogP contribution is 2.38. The number of carbonyl (C=O) groups is 1. The Hall–Kier alpha value is -3.73. The number of hydrogen-bond donors (Lipinski definition) is 2. The Labute approximate surface area is 156 Å². The van der Waals surface area contributed by atoms with Gasteiger partial charge in [-0.3, -0.25) is 14.8 Å². The lowest BCUT2D eigenvalue weighted by Crippen LogP contribution is -2.14. The van der Waals surface area contributed by atoms with E-state index in [9.17, 15) is 4.79 Å². The van der Waals surface area contributed by atoms with Crippen LogP contribution in [0.4, 0.5) is 17.1 Å². The molecule has 0 fully saturated rings. The largest absolute Gasteiger partial charge is 0.354 e. The average molecular weight is 352 g/mol. The highest BCUT2D eigenvalue weighted by atomic mass is 16.2. The number of rotatable bonds is 3. The Bertz CT molecular complexity index is 1160. The number of pyridine rings is 2. The van der Waals surface area contributed by atoms with E-state index in [2.05, 4.69) is 15.6 Å². The van der Waals surface area contributed by atoms with Crippen molar-refractivity contribution in [2.75, 3.05) is 10.6 Å². The van der Waals surface area contributed by atoms with Crippen molar-refractivity contribution in [2.24, 2.45) is 0 Å². The van der Waals surface area contributed by atoms with Crippen LogP contribution in [-0.2, 0) is 4.79 Å². The summed E-state index contributed by atoms with van der Waals surface area (Å²) in [7, 11) is 0. The molecule has 0 aliphatic carbocycles. The third kappa shape index (κ3) is 2.69. The second-order valence-corrected chi connectivity index (χ2v) is 6.49. The van der Waals surface area contributed by atoms with Gasteiger partial charge in [0.15, 0.2) is 0 Å². The van der Waals surface area contributed by atoms with Gasteiger partial charge >= 0.3 is 0 Å². The summed E-state index contributed by atoms with van der Waals surface area (Å²) < 4.78 is 0. The van der Waals surface area contributed by atoms with Gasteiger partial charge in [0.1, 0.15) is 5.92 Å². The topological polar surface area (TPSA) is 66.9 Å². The first-order valence-corrected chi connectivity index (χ1v) is 8.76. The summed E-state index contributed by atoms with van der Waals surface area (Å²) in [6.07, 6.45) is 3.51. The van der Waals surface area contributed by atoms with Crippen molar-refractivity contribution >= 4 is 33.9 Å². The molecule has 0 saturated carbocycles. The molecule has 0 spiro atoms. The van der Waals surface area contributed by atoms with E-state index >= 15 is 0 Å². The van der Waals surface area contributed by atoms with E-state index in [4.69, 9.17) is 4.98 Å². The third-order valence-electron chi connectivity index (χ3n) is 4.76. The van der Waals surface area contributed by atoms with Crippen LogP contribution in [0.2, 0.25) is 0 Å². The molecule has 27 heavy (non-hydrogen) atoms. The first-order valence-electron chi connectivity index (χ1n) is 8.76. The number of nitrogens with zero attached hydrogens (tertiary/aromatic N) is 2. The first-order chi connectivity index (χ1) is 13.3. The number of benzene rings is 2. The SMILES string of the molecule is O=C1Nc2ccccc2C1c1cc(Nc2cccnc2)c2ccccc2n1. The van der Waals surface area contributed by atoms with Crippen molar-refractivity contribution in [3.05, 3.63) is 90.4 Å². The van der Waals surface area contributed by atoms with Gasteiger partial charge in [-0.05, 0) is 35.9 Å². The normalized spacial score (nSPS) is 15.4. The van der Waals surface area contributed by atoms with Gasteiger partial charge in [0.05, 0.1) is 23.1 Å². The Morgan fingerprint density at radius 2 is 1.81 bits per heavy atom. The van der Waals surface area contributed by atoms with Gasteiger partial charge in [-0.25, -0.2) is 0 Å². The zero-order valence-electron chi connectivity index (χ0n) is 14.4. The average Bonchev–Trinajstić information content (AvgIpc) is 3.04. The molecule has 1 atom stereocenters. The van der Waals surface area contributed by atoms with Crippen molar-refractivity contribution in [3.63, 3.8) is 0 Å². The van der Waals surface area contributed by atoms with Crippen molar-refractivity contribution in [2.45, 2.75) is 5.92 Å². The molecule has 3 heterocycles. The molecule has 2 aromatic carbocycles. The number of para-hydroxylation sites is 2. The summed E-state index contributed by atoms with van der Waals surface area (Å²) in [5.74, 6) is -0.466. The fraction of sp³-hybridized carbons (Fsp3) is 0.0455. The standard InChI is InChI=1S/C22H16N4O/c27-22-21(16-8-2-4-10-18(16)26-22)20-12-19(24-14-6-5-11-23-13-14)15-7-1-3-9-17(15)25-20/h1-13,21H,(H,24,25)(H,26,27). The van der Waals surface area contributed by atoms with E-state index in [1.807, 2.05) is 66.7 Å². The third-order valence-corrected chi connectivity index (χ3v) is 4.76. The van der Waals surface area contributed by atoms with E-state index in [-0.39, 0.29) is 5.91 Å². The summed E-state index contributed by atoms with van der Waals surface area (Å²) in [4.78, 5) is 21.6. The summed E-state index contributed by atoms with van der Waals surface area (Å²) in [6, 6.07) is 21.5. The number of hydrogen-bond acceptors (Lipinski definition) is 4. The molecular weight excluding hydrogens is 336 g/mol. The lowest BCUT2D eigenvalue weighted by Gasteiger charge is -2.14. The minimum absolute atomic E-state index is 0.0497. The number of carbonyl (C=O) groups excluding carboxylic acids is 1. The zero-order chi connectivity index (χ0) is 18.2. The molecule has 0 radical (unpaired) electrons. The fourth-order valence-electron chi connectivity index (χ4n) is 3.54. The van der Waals surface area contributed by atoms with Crippen LogP contribution in [0.5, 0.6) is 0 Å². The second-order valence-electron chi connectivity index (χ2n) is 6.49. The molecular formula is C22H16N4O. The van der Waals surface area contributed by atoms with Gasteiger partial charge in [-0.1, -0.05) is 36.4 Å². The van der Waals surface area contributed by atoms with Crippen molar-refractivity contribution in [1.29, 1.82) is 0 Å². The summed E-state index contributed by atoms with van der Waals surface area (Å²) in [6.45, 7) is 0. The predicted molar refractivity (Wildman–Crippen MR) is 106 cm³/mol. The molecule has 1 amide bonds. The monoisotopic (exact) mass is 352 g/mol. The molecule has 0 saturated heterocycles. The molecule has 130 valence electrons. The predicted octanol–water partition coefficient (Wildman–Crippen LogP) is 4.46. The van der Waals surface area contributed by atoms with Crippen LogP contribution in [-0.4, -0.2) is 15.9 Å². The van der Waals surface area contributed by atoms with Gasteiger partial charge < -0.3 is 10.6 Å². The maximum Gasteiger partial charge on any atom is 0.238 e. The smallest absolute Gasteiger partial charge is 0.238 e. The van der Waals surface area contributed by atoms with Gasteiger partial charge in [-0.15, -0.1) is 0 Å². The van der Waals surface area contributed by atoms with Gasteiger partial charge in [-0.2, -0.15) is 0 Å². The summed E-state index contributed by atoms with van der Waals surface area (Å²) >= 11 is 0. The van der Waals surface area contributed by atoms with Gasteiger partial charge in [0.2, 0.25) is 5.91 Å². The van der Waals surface area contributed by atoms with Crippen LogP contribution in [0.1, 0.15) is 17.2 Å². The zero-order valence-corrected chi connectivity index (χ0v) is 14.4. The van der Waals surface area contributed by atoms with E-state index in [1.165, 1.54) is 0 Å². The van der Waals surface area contributed by atoms with Crippen LogP contribution in [0.25, 0.3) is 10.9 Å². The molecule has 5 heteroatoms. The van der Waals surface area contributed by atoms with Crippen molar-refractivity contribution < 1.29 is 4.79 Å². The maximum atomic E-state index is 12.7. The van der Waals surface area contributed by atoms with Gasteiger partial charge in [0.25, 0.3) is 0 Å². The second kappa shape index (κ2) is 6.21. The molecule has 5 rings (SSSR count). The lowest BCUT2D eigenvalue weighted by atomic mass is 9.95. The molecule has 2 aromatic heterocycles. The van der Waals surface area contributed by atoms with Crippen LogP contribution in [0.15, 0.2) is 79.1 Å². The molecule has 1 unspecified atom stereocenters. The minimum Gasteiger partial charge on any atom is -0.354 e. The highest BCUT2D eigenvalue weighted by molar-refractivity contribution is 6.05. The Morgan fingerprint density at radius 3 is 2.70 bits per heavy atom.